The molecule has 0 saturated carbocycles. The Kier molecular flexibility index (Phi) is 5.99. The first kappa shape index (κ1) is 21.4. The van der Waals surface area contributed by atoms with Gasteiger partial charge in [0.15, 0.2) is 0 Å². The molecule has 0 bridgehead atoms. The van der Waals surface area contributed by atoms with Crippen LogP contribution in [-0.2, 0) is 12.7 Å². The molecular formula is C21H22F3N5OS. The van der Waals surface area contributed by atoms with Gasteiger partial charge in [0, 0.05) is 30.9 Å². The highest BCUT2D eigenvalue weighted by molar-refractivity contribution is 7.16. The number of benzene rings is 1. The lowest BCUT2D eigenvalue weighted by atomic mass is 9.99. The van der Waals surface area contributed by atoms with Crippen LogP contribution in [0.4, 0.5) is 29.5 Å². The molecule has 1 aliphatic heterocycles. The van der Waals surface area contributed by atoms with E-state index in [2.05, 4.69) is 27.5 Å². The van der Waals surface area contributed by atoms with Gasteiger partial charge in [0.2, 0.25) is 0 Å². The Morgan fingerprint density at radius 1 is 1.23 bits per heavy atom. The number of amides is 2. The lowest BCUT2D eigenvalue weighted by Gasteiger charge is -2.33. The molecule has 1 aromatic carbocycles. The van der Waals surface area contributed by atoms with Crippen molar-refractivity contribution < 1.29 is 18.0 Å². The maximum Gasteiger partial charge on any atom is 0.433 e. The number of nitrogens with one attached hydrogen (secondary N) is 2. The number of halogens is 3. The molecule has 3 heterocycles. The van der Waals surface area contributed by atoms with Crippen molar-refractivity contribution in [3.63, 3.8) is 0 Å². The molecule has 2 amide bonds. The molecule has 164 valence electrons. The third-order valence-electron chi connectivity index (χ3n) is 5.36. The van der Waals surface area contributed by atoms with E-state index in [1.54, 1.807) is 11.6 Å². The van der Waals surface area contributed by atoms with Gasteiger partial charge in [-0.3, -0.25) is 0 Å². The fourth-order valence-corrected chi connectivity index (χ4v) is 4.27. The number of pyridine rings is 1. The Morgan fingerprint density at radius 2 is 2.00 bits per heavy atom. The van der Waals surface area contributed by atoms with Crippen molar-refractivity contribution >= 4 is 39.1 Å². The van der Waals surface area contributed by atoms with Gasteiger partial charge in [-0.25, -0.2) is 14.8 Å². The maximum atomic E-state index is 13.2. The summed E-state index contributed by atoms with van der Waals surface area (Å²) in [4.78, 5) is 22.3. The molecule has 6 nitrogen and oxygen atoms in total. The summed E-state index contributed by atoms with van der Waals surface area (Å²) in [6.45, 7) is 3.49. The SMILES string of the molecule is CC1CCN(c2nc(C(F)(F)F)ccc2CNC(=O)Nc2ccc3ncsc3c2)CC1. The van der Waals surface area contributed by atoms with Crippen LogP contribution in [-0.4, -0.2) is 29.1 Å². The van der Waals surface area contributed by atoms with Crippen LogP contribution in [0, 0.1) is 5.92 Å². The Labute approximate surface area is 181 Å². The van der Waals surface area contributed by atoms with Crippen LogP contribution in [0.2, 0.25) is 0 Å². The molecule has 2 N–H and O–H groups in total. The molecule has 31 heavy (non-hydrogen) atoms. The van der Waals surface area contributed by atoms with Gasteiger partial charge in [-0.2, -0.15) is 13.2 Å². The molecule has 1 saturated heterocycles. The lowest BCUT2D eigenvalue weighted by molar-refractivity contribution is -0.141. The number of hydrogen-bond acceptors (Lipinski definition) is 5. The molecule has 2 aromatic heterocycles. The average Bonchev–Trinajstić information content (AvgIpc) is 3.20. The van der Waals surface area contributed by atoms with E-state index in [1.807, 2.05) is 17.0 Å². The van der Waals surface area contributed by atoms with Crippen LogP contribution < -0.4 is 15.5 Å². The third kappa shape index (κ3) is 5.07. The van der Waals surface area contributed by atoms with Crippen molar-refractivity contribution in [2.75, 3.05) is 23.3 Å². The minimum Gasteiger partial charge on any atom is -0.356 e. The van der Waals surface area contributed by atoms with E-state index in [0.29, 0.717) is 30.3 Å². The van der Waals surface area contributed by atoms with Crippen molar-refractivity contribution in [1.82, 2.24) is 15.3 Å². The van der Waals surface area contributed by atoms with E-state index < -0.39 is 17.9 Å². The Morgan fingerprint density at radius 3 is 2.74 bits per heavy atom. The third-order valence-corrected chi connectivity index (χ3v) is 6.15. The predicted octanol–water partition coefficient (Wildman–Crippen LogP) is 5.27. The van der Waals surface area contributed by atoms with Crippen molar-refractivity contribution in [1.29, 1.82) is 0 Å². The number of aromatic nitrogens is 2. The van der Waals surface area contributed by atoms with E-state index in [1.165, 1.54) is 17.4 Å². The van der Waals surface area contributed by atoms with Crippen LogP contribution >= 0.6 is 11.3 Å². The summed E-state index contributed by atoms with van der Waals surface area (Å²) in [5.74, 6) is 0.818. The van der Waals surface area contributed by atoms with Crippen LogP contribution in [0.25, 0.3) is 10.2 Å². The summed E-state index contributed by atoms with van der Waals surface area (Å²) in [5.41, 5.74) is 2.83. The highest BCUT2D eigenvalue weighted by atomic mass is 32.1. The number of carbonyl (C=O) groups excluding carboxylic acids is 1. The molecule has 10 heteroatoms. The lowest BCUT2D eigenvalue weighted by Crippen LogP contribution is -2.35. The fourth-order valence-electron chi connectivity index (χ4n) is 3.55. The Hall–Kier alpha value is -2.88. The predicted molar refractivity (Wildman–Crippen MR) is 115 cm³/mol. The molecular weight excluding hydrogens is 427 g/mol. The summed E-state index contributed by atoms with van der Waals surface area (Å²) in [6, 6.07) is 7.31. The van der Waals surface area contributed by atoms with Gasteiger partial charge in [0.25, 0.3) is 0 Å². The molecule has 3 aromatic rings. The number of nitrogens with zero attached hydrogens (tertiary/aromatic N) is 3. The van der Waals surface area contributed by atoms with Crippen LogP contribution in [0.3, 0.4) is 0 Å². The highest BCUT2D eigenvalue weighted by Crippen LogP contribution is 2.32. The average molecular weight is 450 g/mol. The van der Waals surface area contributed by atoms with Crippen LogP contribution in [0.5, 0.6) is 0 Å². The number of alkyl halides is 3. The minimum atomic E-state index is -4.52. The Bertz CT molecular complexity index is 1080. The maximum absolute atomic E-state index is 13.2. The van der Waals surface area contributed by atoms with Crippen molar-refractivity contribution in [2.45, 2.75) is 32.5 Å². The van der Waals surface area contributed by atoms with Gasteiger partial charge in [0.05, 0.1) is 15.7 Å². The number of carbonyl (C=O) groups is 1. The van der Waals surface area contributed by atoms with Crippen molar-refractivity contribution in [3.05, 3.63) is 47.1 Å². The van der Waals surface area contributed by atoms with Crippen LogP contribution in [0.1, 0.15) is 31.0 Å². The van der Waals surface area contributed by atoms with Gasteiger partial charge < -0.3 is 15.5 Å². The minimum absolute atomic E-state index is 0.0706. The van der Waals surface area contributed by atoms with E-state index in [4.69, 9.17) is 0 Å². The number of anilines is 2. The number of rotatable bonds is 4. The second-order valence-corrected chi connectivity index (χ2v) is 8.58. The van der Waals surface area contributed by atoms with E-state index in [0.717, 1.165) is 29.1 Å². The summed E-state index contributed by atoms with van der Waals surface area (Å²) in [5, 5.41) is 5.47. The molecule has 4 rings (SSSR count). The number of hydrogen-bond donors (Lipinski definition) is 2. The van der Waals surface area contributed by atoms with E-state index >= 15 is 0 Å². The first-order chi connectivity index (χ1) is 14.8. The van der Waals surface area contributed by atoms with Crippen molar-refractivity contribution in [3.8, 4) is 0 Å². The molecule has 0 atom stereocenters. The fraction of sp³-hybridized carbons (Fsp3) is 0.381. The Balaban J connectivity index is 1.47. The monoisotopic (exact) mass is 449 g/mol. The number of urea groups is 1. The van der Waals surface area contributed by atoms with Gasteiger partial charge in [-0.1, -0.05) is 13.0 Å². The first-order valence-corrected chi connectivity index (χ1v) is 10.9. The summed E-state index contributed by atoms with van der Waals surface area (Å²) in [7, 11) is 0. The topological polar surface area (TPSA) is 70.2 Å². The quantitative estimate of drug-likeness (QED) is 0.570. The van der Waals surface area contributed by atoms with Gasteiger partial charge >= 0.3 is 12.2 Å². The second-order valence-electron chi connectivity index (χ2n) is 7.69. The second kappa shape index (κ2) is 8.70. The number of fused-ring (bicyclic) bond motifs is 1. The van der Waals surface area contributed by atoms with Gasteiger partial charge in [0.1, 0.15) is 11.5 Å². The largest absolute Gasteiger partial charge is 0.433 e. The van der Waals surface area contributed by atoms with Crippen molar-refractivity contribution in [2.24, 2.45) is 5.92 Å². The smallest absolute Gasteiger partial charge is 0.356 e. The zero-order valence-electron chi connectivity index (χ0n) is 16.9. The zero-order chi connectivity index (χ0) is 22.0. The summed E-state index contributed by atoms with van der Waals surface area (Å²) in [6.07, 6.45) is -2.73. The molecule has 0 radical (unpaired) electrons. The van der Waals surface area contributed by atoms with Gasteiger partial charge in [-0.05, 0) is 43.0 Å². The highest BCUT2D eigenvalue weighted by Gasteiger charge is 2.34. The van der Waals surface area contributed by atoms with E-state index in [-0.39, 0.29) is 12.4 Å². The molecule has 0 aliphatic carbocycles. The first-order valence-electron chi connectivity index (χ1n) is 10.00. The van der Waals surface area contributed by atoms with E-state index in [9.17, 15) is 18.0 Å². The number of piperidine rings is 1. The normalized spacial score (nSPS) is 15.3. The number of thiazole rings is 1. The zero-order valence-corrected chi connectivity index (χ0v) is 17.7. The molecule has 0 spiro atoms. The molecule has 1 fully saturated rings. The summed E-state index contributed by atoms with van der Waals surface area (Å²) < 4.78 is 40.6. The molecule has 0 unspecified atom stereocenters. The summed E-state index contributed by atoms with van der Waals surface area (Å²) >= 11 is 1.47. The van der Waals surface area contributed by atoms with Crippen LogP contribution in [0.15, 0.2) is 35.8 Å². The van der Waals surface area contributed by atoms with Gasteiger partial charge in [-0.15, -0.1) is 11.3 Å². The standard InChI is InChI=1S/C21H22F3N5OS/c1-13-6-8-29(9-7-13)19-14(2-5-18(28-19)21(22,23)24)11-25-20(30)27-15-3-4-16-17(10-15)31-12-26-16/h2-5,10,12-13H,6-9,11H2,1H3,(H2,25,27,30). The molecule has 1 aliphatic rings.